The first-order valence-electron chi connectivity index (χ1n) is 7.48. The van der Waals surface area contributed by atoms with Gasteiger partial charge < -0.3 is 5.32 Å². The minimum Gasteiger partial charge on any atom is -0.310 e. The summed E-state index contributed by atoms with van der Waals surface area (Å²) in [5.74, 6) is 0.599. The van der Waals surface area contributed by atoms with Gasteiger partial charge in [-0.05, 0) is 49.3 Å². The fraction of sp³-hybridized carbons (Fsp3) is 0.600. The monoisotopic (exact) mass is 328 g/mol. The van der Waals surface area contributed by atoms with E-state index in [1.165, 1.54) is 12.8 Å². The summed E-state index contributed by atoms with van der Waals surface area (Å²) in [5, 5.41) is 3.66. The second kappa shape index (κ2) is 5.88. The molecule has 0 saturated heterocycles. The van der Waals surface area contributed by atoms with Crippen LogP contribution in [0.4, 0.5) is 0 Å². The first-order valence-corrected chi connectivity index (χ1v) is 9.34. The van der Waals surface area contributed by atoms with Crippen molar-refractivity contribution in [3.63, 3.8) is 0 Å². The second-order valence-electron chi connectivity index (χ2n) is 6.31. The number of halogens is 1. The lowest BCUT2D eigenvalue weighted by atomic mass is 9.83. The van der Waals surface area contributed by atoms with Gasteiger partial charge in [0.25, 0.3) is 0 Å². The zero-order valence-corrected chi connectivity index (χ0v) is 13.7. The van der Waals surface area contributed by atoms with E-state index in [2.05, 4.69) is 17.0 Å². The van der Waals surface area contributed by atoms with Crippen molar-refractivity contribution in [1.82, 2.24) is 10.0 Å². The fourth-order valence-corrected chi connectivity index (χ4v) is 4.51. The Hall–Kier alpha value is -0.620. The highest BCUT2D eigenvalue weighted by atomic mass is 35.5. The molecule has 3 rings (SSSR count). The Labute approximate surface area is 131 Å². The van der Waals surface area contributed by atoms with Crippen LogP contribution in [0.3, 0.4) is 0 Å². The highest BCUT2D eigenvalue weighted by Gasteiger charge is 2.30. The molecule has 4 nitrogen and oxygen atoms in total. The van der Waals surface area contributed by atoms with Gasteiger partial charge in [-0.3, -0.25) is 0 Å². The van der Waals surface area contributed by atoms with Gasteiger partial charge in [0, 0.05) is 18.6 Å². The molecule has 0 radical (unpaired) electrons. The van der Waals surface area contributed by atoms with Gasteiger partial charge in [0.05, 0.1) is 5.02 Å². The van der Waals surface area contributed by atoms with E-state index in [1.807, 2.05) is 6.07 Å². The Bertz CT molecular complexity index is 623. The van der Waals surface area contributed by atoms with Gasteiger partial charge in [-0.15, -0.1) is 0 Å². The van der Waals surface area contributed by atoms with Crippen LogP contribution in [-0.4, -0.2) is 20.5 Å². The van der Waals surface area contributed by atoms with Crippen molar-refractivity contribution in [2.75, 3.05) is 0 Å². The minimum atomic E-state index is -3.53. The van der Waals surface area contributed by atoms with Crippen molar-refractivity contribution < 1.29 is 8.42 Å². The number of sulfonamides is 1. The SMILES string of the molecule is CC1CC(NS(=O)(=O)c2cc(CNC3CC3)ccc2Cl)C1. The quantitative estimate of drug-likeness (QED) is 0.844. The maximum absolute atomic E-state index is 12.4. The minimum absolute atomic E-state index is 0.0503. The van der Waals surface area contributed by atoms with Crippen LogP contribution in [0, 0.1) is 5.92 Å². The zero-order chi connectivity index (χ0) is 15.0. The topological polar surface area (TPSA) is 58.2 Å². The highest BCUT2D eigenvalue weighted by molar-refractivity contribution is 7.89. The molecule has 0 spiro atoms. The van der Waals surface area contributed by atoms with Gasteiger partial charge in [0.15, 0.2) is 0 Å². The maximum Gasteiger partial charge on any atom is 0.242 e. The normalized spacial score (nSPS) is 25.6. The van der Waals surface area contributed by atoms with Crippen molar-refractivity contribution in [3.05, 3.63) is 28.8 Å². The molecule has 0 heterocycles. The van der Waals surface area contributed by atoms with E-state index in [9.17, 15) is 8.42 Å². The first kappa shape index (κ1) is 15.3. The zero-order valence-electron chi connectivity index (χ0n) is 12.1. The Morgan fingerprint density at radius 3 is 2.57 bits per heavy atom. The van der Waals surface area contributed by atoms with Crippen LogP contribution in [0.5, 0.6) is 0 Å². The summed E-state index contributed by atoms with van der Waals surface area (Å²) in [6, 6.07) is 5.87. The molecule has 0 aliphatic heterocycles. The van der Waals surface area contributed by atoms with E-state index in [0.717, 1.165) is 18.4 Å². The van der Waals surface area contributed by atoms with Crippen molar-refractivity contribution in [1.29, 1.82) is 0 Å². The molecule has 0 atom stereocenters. The van der Waals surface area contributed by atoms with Gasteiger partial charge in [0.1, 0.15) is 4.90 Å². The van der Waals surface area contributed by atoms with Gasteiger partial charge >= 0.3 is 0 Å². The molecule has 2 aliphatic rings. The predicted octanol–water partition coefficient (Wildman–Crippen LogP) is 2.67. The van der Waals surface area contributed by atoms with Crippen LogP contribution in [0.1, 0.15) is 38.2 Å². The number of nitrogens with one attached hydrogen (secondary N) is 2. The number of hydrogen-bond donors (Lipinski definition) is 2. The lowest BCUT2D eigenvalue weighted by Crippen LogP contribution is -2.43. The largest absolute Gasteiger partial charge is 0.310 e. The Balaban J connectivity index is 1.73. The summed E-state index contributed by atoms with van der Waals surface area (Å²) < 4.78 is 27.7. The van der Waals surface area contributed by atoms with Crippen LogP contribution in [0.15, 0.2) is 23.1 Å². The number of hydrogen-bond acceptors (Lipinski definition) is 3. The van der Waals surface area contributed by atoms with Crippen molar-refractivity contribution in [2.45, 2.75) is 56.1 Å². The third-order valence-corrected chi connectivity index (χ3v) is 6.16. The molecule has 0 aromatic heterocycles. The molecular formula is C15H21ClN2O2S. The van der Waals surface area contributed by atoms with Crippen LogP contribution in [-0.2, 0) is 16.6 Å². The lowest BCUT2D eigenvalue weighted by Gasteiger charge is -2.33. The van der Waals surface area contributed by atoms with Gasteiger partial charge in [0.2, 0.25) is 10.0 Å². The van der Waals surface area contributed by atoms with Crippen LogP contribution >= 0.6 is 11.6 Å². The molecule has 0 unspecified atom stereocenters. The van der Waals surface area contributed by atoms with Gasteiger partial charge in [-0.1, -0.05) is 24.6 Å². The molecule has 21 heavy (non-hydrogen) atoms. The van der Waals surface area contributed by atoms with Crippen LogP contribution in [0.25, 0.3) is 0 Å². The number of benzene rings is 1. The molecule has 2 fully saturated rings. The lowest BCUT2D eigenvalue weighted by molar-refractivity contribution is 0.270. The summed E-state index contributed by atoms with van der Waals surface area (Å²) in [6.45, 7) is 2.81. The predicted molar refractivity (Wildman–Crippen MR) is 83.8 cm³/mol. The van der Waals surface area contributed by atoms with E-state index in [1.54, 1.807) is 12.1 Å². The van der Waals surface area contributed by atoms with Crippen molar-refractivity contribution >= 4 is 21.6 Å². The van der Waals surface area contributed by atoms with Crippen molar-refractivity contribution in [2.24, 2.45) is 5.92 Å². The average Bonchev–Trinajstić information content (AvgIpc) is 3.19. The third-order valence-electron chi connectivity index (χ3n) is 4.15. The fourth-order valence-electron chi connectivity index (χ4n) is 2.69. The number of rotatable bonds is 6. The first-order chi connectivity index (χ1) is 9.94. The molecule has 116 valence electrons. The van der Waals surface area contributed by atoms with Crippen LogP contribution < -0.4 is 10.0 Å². The average molecular weight is 329 g/mol. The van der Waals surface area contributed by atoms with E-state index >= 15 is 0 Å². The van der Waals surface area contributed by atoms with Gasteiger partial charge in [-0.25, -0.2) is 13.1 Å². The molecule has 2 N–H and O–H groups in total. The summed E-state index contributed by atoms with van der Waals surface area (Å²) in [4.78, 5) is 0.193. The van der Waals surface area contributed by atoms with Crippen LogP contribution in [0.2, 0.25) is 5.02 Å². The molecule has 2 saturated carbocycles. The Morgan fingerprint density at radius 2 is 1.95 bits per heavy atom. The van der Waals surface area contributed by atoms with Crippen molar-refractivity contribution in [3.8, 4) is 0 Å². The molecular weight excluding hydrogens is 308 g/mol. The molecule has 6 heteroatoms. The molecule has 0 amide bonds. The van der Waals surface area contributed by atoms with E-state index in [4.69, 9.17) is 11.6 Å². The molecule has 1 aromatic rings. The summed E-state index contributed by atoms with van der Waals surface area (Å²) in [5.41, 5.74) is 0.952. The van der Waals surface area contributed by atoms with Gasteiger partial charge in [-0.2, -0.15) is 0 Å². The van der Waals surface area contributed by atoms with E-state index in [-0.39, 0.29) is 16.0 Å². The Kier molecular flexibility index (Phi) is 4.28. The summed E-state index contributed by atoms with van der Waals surface area (Å²) >= 11 is 6.09. The smallest absolute Gasteiger partial charge is 0.242 e. The summed E-state index contributed by atoms with van der Waals surface area (Å²) in [6.07, 6.45) is 4.22. The maximum atomic E-state index is 12.4. The molecule has 2 aliphatic carbocycles. The van der Waals surface area contributed by atoms with E-state index in [0.29, 0.717) is 18.5 Å². The van der Waals surface area contributed by atoms with E-state index < -0.39 is 10.0 Å². The standard InChI is InChI=1S/C15H21ClN2O2S/c1-10-6-13(7-10)18-21(19,20)15-8-11(2-5-14(15)16)9-17-12-3-4-12/h2,5,8,10,12-13,17-18H,3-4,6-7,9H2,1H3. The third kappa shape index (κ3) is 3.77. The molecule has 0 bridgehead atoms. The molecule has 1 aromatic carbocycles. The highest BCUT2D eigenvalue weighted by Crippen LogP contribution is 2.30. The second-order valence-corrected chi connectivity index (χ2v) is 8.40. The Morgan fingerprint density at radius 1 is 1.24 bits per heavy atom. The summed E-state index contributed by atoms with van der Waals surface area (Å²) in [7, 11) is -3.53.